The van der Waals surface area contributed by atoms with Crippen LogP contribution in [-0.4, -0.2) is 62.7 Å². The SMILES string of the molecule is COCCC(=O)N(C)CC1CCCN(CCc2ccccc2F)C1. The second kappa shape index (κ2) is 9.74. The molecular weight excluding hydrogens is 307 g/mol. The summed E-state index contributed by atoms with van der Waals surface area (Å²) in [6.45, 7) is 4.18. The van der Waals surface area contributed by atoms with E-state index in [9.17, 15) is 9.18 Å². The lowest BCUT2D eigenvalue weighted by Gasteiger charge is -2.34. The Morgan fingerprint density at radius 1 is 1.42 bits per heavy atom. The summed E-state index contributed by atoms with van der Waals surface area (Å²) in [6, 6.07) is 7.00. The predicted octanol–water partition coefficient (Wildman–Crippen LogP) is 2.58. The van der Waals surface area contributed by atoms with Crippen LogP contribution >= 0.6 is 0 Å². The molecule has 4 nitrogen and oxygen atoms in total. The van der Waals surface area contributed by atoms with Crippen molar-refractivity contribution in [3.05, 3.63) is 35.6 Å². The number of benzene rings is 1. The number of hydrogen-bond donors (Lipinski definition) is 0. The normalized spacial score (nSPS) is 18.5. The number of carbonyl (C=O) groups is 1. The van der Waals surface area contributed by atoms with Crippen LogP contribution < -0.4 is 0 Å². The molecule has 134 valence electrons. The number of halogens is 1. The first-order valence-electron chi connectivity index (χ1n) is 8.78. The molecule has 1 amide bonds. The second-order valence-corrected chi connectivity index (χ2v) is 6.67. The highest BCUT2D eigenvalue weighted by molar-refractivity contribution is 5.75. The highest BCUT2D eigenvalue weighted by Crippen LogP contribution is 2.18. The summed E-state index contributed by atoms with van der Waals surface area (Å²) in [4.78, 5) is 16.2. The lowest BCUT2D eigenvalue weighted by atomic mass is 9.97. The number of ether oxygens (including phenoxy) is 1. The zero-order valence-corrected chi connectivity index (χ0v) is 14.8. The fraction of sp³-hybridized carbons (Fsp3) is 0.632. The third kappa shape index (κ3) is 5.87. The van der Waals surface area contributed by atoms with Gasteiger partial charge in [-0.2, -0.15) is 0 Å². The average Bonchev–Trinajstić information content (AvgIpc) is 2.59. The Hall–Kier alpha value is -1.46. The molecule has 24 heavy (non-hydrogen) atoms. The molecule has 5 heteroatoms. The third-order valence-corrected chi connectivity index (χ3v) is 4.74. The largest absolute Gasteiger partial charge is 0.384 e. The Morgan fingerprint density at radius 2 is 2.21 bits per heavy atom. The van der Waals surface area contributed by atoms with Crippen LogP contribution in [0, 0.1) is 11.7 Å². The number of likely N-dealkylation sites (tertiary alicyclic amines) is 1. The zero-order chi connectivity index (χ0) is 17.4. The number of amides is 1. The van der Waals surface area contributed by atoms with E-state index in [4.69, 9.17) is 4.74 Å². The van der Waals surface area contributed by atoms with Gasteiger partial charge >= 0.3 is 0 Å². The first-order valence-corrected chi connectivity index (χ1v) is 8.78. The summed E-state index contributed by atoms with van der Waals surface area (Å²) in [5.74, 6) is 0.519. The minimum absolute atomic E-state index is 0.116. The molecule has 0 aliphatic carbocycles. The zero-order valence-electron chi connectivity index (χ0n) is 14.8. The van der Waals surface area contributed by atoms with Gasteiger partial charge in [0.2, 0.25) is 5.91 Å². The van der Waals surface area contributed by atoms with Crippen molar-refractivity contribution in [3.8, 4) is 0 Å². The lowest BCUT2D eigenvalue weighted by Crippen LogP contribution is -2.42. The molecule has 1 unspecified atom stereocenters. The average molecular weight is 336 g/mol. The van der Waals surface area contributed by atoms with Crippen LogP contribution in [0.25, 0.3) is 0 Å². The Labute approximate surface area is 144 Å². The highest BCUT2D eigenvalue weighted by Gasteiger charge is 2.22. The van der Waals surface area contributed by atoms with Gasteiger partial charge in [0.15, 0.2) is 0 Å². The van der Waals surface area contributed by atoms with Crippen LogP contribution in [0.4, 0.5) is 4.39 Å². The van der Waals surface area contributed by atoms with E-state index in [1.165, 1.54) is 6.07 Å². The van der Waals surface area contributed by atoms with Gasteiger partial charge in [0, 0.05) is 33.8 Å². The van der Waals surface area contributed by atoms with Crippen molar-refractivity contribution in [2.75, 3.05) is 46.9 Å². The number of nitrogens with zero attached hydrogens (tertiary/aromatic N) is 2. The molecule has 1 aliphatic rings. The summed E-state index contributed by atoms with van der Waals surface area (Å²) in [5.41, 5.74) is 0.784. The molecule has 2 rings (SSSR count). The maximum atomic E-state index is 13.7. The molecule has 0 radical (unpaired) electrons. The fourth-order valence-corrected chi connectivity index (χ4v) is 3.35. The minimum Gasteiger partial charge on any atom is -0.384 e. The van der Waals surface area contributed by atoms with E-state index in [2.05, 4.69) is 4.90 Å². The summed E-state index contributed by atoms with van der Waals surface area (Å²) in [6.07, 6.45) is 3.47. The summed E-state index contributed by atoms with van der Waals surface area (Å²) in [7, 11) is 3.48. The van der Waals surface area contributed by atoms with E-state index in [0.29, 0.717) is 18.9 Å². The van der Waals surface area contributed by atoms with E-state index >= 15 is 0 Å². The number of carbonyl (C=O) groups excluding carboxylic acids is 1. The fourth-order valence-electron chi connectivity index (χ4n) is 3.35. The van der Waals surface area contributed by atoms with Crippen LogP contribution in [0.15, 0.2) is 24.3 Å². The minimum atomic E-state index is -0.116. The topological polar surface area (TPSA) is 32.8 Å². The van der Waals surface area contributed by atoms with Gasteiger partial charge in [-0.3, -0.25) is 4.79 Å². The summed E-state index contributed by atoms with van der Waals surface area (Å²) in [5, 5.41) is 0. The highest BCUT2D eigenvalue weighted by atomic mass is 19.1. The van der Waals surface area contributed by atoms with E-state index in [1.54, 1.807) is 13.2 Å². The quantitative estimate of drug-likeness (QED) is 0.731. The number of rotatable bonds is 8. The first kappa shape index (κ1) is 18.9. The van der Waals surface area contributed by atoms with Gasteiger partial charge in [-0.05, 0) is 43.4 Å². The van der Waals surface area contributed by atoms with Gasteiger partial charge in [-0.25, -0.2) is 4.39 Å². The Bertz CT molecular complexity index is 524. The smallest absolute Gasteiger partial charge is 0.224 e. The predicted molar refractivity (Wildman–Crippen MR) is 93.4 cm³/mol. The van der Waals surface area contributed by atoms with Crippen LogP contribution in [0.1, 0.15) is 24.8 Å². The second-order valence-electron chi connectivity index (χ2n) is 6.67. The standard InChI is InChI=1S/C19H29FN2O2/c1-21(19(23)10-13-24-2)14-16-6-5-11-22(15-16)12-9-17-7-3-4-8-18(17)20/h3-4,7-8,16H,5-6,9-15H2,1-2H3. The van der Waals surface area contributed by atoms with Crippen molar-refractivity contribution in [1.82, 2.24) is 9.80 Å². The van der Waals surface area contributed by atoms with Gasteiger partial charge in [0.05, 0.1) is 13.0 Å². The number of methoxy groups -OCH3 is 1. The van der Waals surface area contributed by atoms with Crippen LogP contribution in [0.3, 0.4) is 0 Å². The molecule has 0 N–H and O–H groups in total. The van der Waals surface area contributed by atoms with E-state index in [1.807, 2.05) is 24.1 Å². The van der Waals surface area contributed by atoms with Crippen molar-refractivity contribution in [2.45, 2.75) is 25.7 Å². The maximum absolute atomic E-state index is 13.7. The molecule has 1 fully saturated rings. The number of piperidine rings is 1. The third-order valence-electron chi connectivity index (χ3n) is 4.74. The van der Waals surface area contributed by atoms with Crippen molar-refractivity contribution < 1.29 is 13.9 Å². The van der Waals surface area contributed by atoms with Gasteiger partial charge in [0.25, 0.3) is 0 Å². The summed E-state index contributed by atoms with van der Waals surface area (Å²) >= 11 is 0. The van der Waals surface area contributed by atoms with Gasteiger partial charge in [-0.15, -0.1) is 0 Å². The molecular formula is C19H29FN2O2. The monoisotopic (exact) mass is 336 g/mol. The Morgan fingerprint density at radius 3 is 2.96 bits per heavy atom. The summed E-state index contributed by atoms with van der Waals surface area (Å²) < 4.78 is 18.7. The molecule has 1 aromatic rings. The first-order chi connectivity index (χ1) is 11.6. The molecule has 1 saturated heterocycles. The lowest BCUT2D eigenvalue weighted by molar-refractivity contribution is -0.131. The molecule has 1 heterocycles. The molecule has 0 bridgehead atoms. The molecule has 0 aromatic heterocycles. The van der Waals surface area contributed by atoms with Crippen molar-refractivity contribution in [3.63, 3.8) is 0 Å². The molecule has 1 aliphatic heterocycles. The van der Waals surface area contributed by atoms with Gasteiger partial charge < -0.3 is 14.5 Å². The molecule has 1 atom stereocenters. The molecule has 1 aromatic carbocycles. The number of hydrogen-bond acceptors (Lipinski definition) is 3. The van der Waals surface area contributed by atoms with Crippen LogP contribution in [0.2, 0.25) is 0 Å². The van der Waals surface area contributed by atoms with Crippen molar-refractivity contribution in [1.29, 1.82) is 0 Å². The van der Waals surface area contributed by atoms with Crippen LogP contribution in [-0.2, 0) is 16.0 Å². The molecule has 0 saturated carbocycles. The van der Waals surface area contributed by atoms with E-state index in [-0.39, 0.29) is 11.7 Å². The Kier molecular flexibility index (Phi) is 7.66. The van der Waals surface area contributed by atoms with Gasteiger partial charge in [0.1, 0.15) is 5.82 Å². The van der Waals surface area contributed by atoms with Crippen molar-refractivity contribution in [2.24, 2.45) is 5.92 Å². The Balaban J connectivity index is 1.77. The molecule has 0 spiro atoms. The van der Waals surface area contributed by atoms with E-state index in [0.717, 1.165) is 51.0 Å². The van der Waals surface area contributed by atoms with Crippen molar-refractivity contribution >= 4 is 5.91 Å². The van der Waals surface area contributed by atoms with E-state index < -0.39 is 0 Å². The van der Waals surface area contributed by atoms with Gasteiger partial charge in [-0.1, -0.05) is 18.2 Å². The maximum Gasteiger partial charge on any atom is 0.224 e. The van der Waals surface area contributed by atoms with Crippen LogP contribution in [0.5, 0.6) is 0 Å².